The first-order chi connectivity index (χ1) is 10.0. The molecule has 0 aliphatic carbocycles. The first-order valence-electron chi connectivity index (χ1n) is 7.63. The first-order valence-corrected chi connectivity index (χ1v) is 7.63. The number of benzene rings is 1. The lowest BCUT2D eigenvalue weighted by Gasteiger charge is -2.28. The van der Waals surface area contributed by atoms with Gasteiger partial charge >= 0.3 is 5.63 Å². The minimum atomic E-state index is -0.337. The lowest BCUT2D eigenvalue weighted by atomic mass is 9.99. The number of aromatic hydroxyl groups is 1. The molecule has 2 aromatic rings. The summed E-state index contributed by atoms with van der Waals surface area (Å²) in [5.41, 5.74) is 1.83. The van der Waals surface area contributed by atoms with E-state index in [0.29, 0.717) is 11.1 Å². The number of phenols is 1. The number of fused-ring (bicyclic) bond motifs is 1. The molecule has 0 saturated carbocycles. The molecule has 21 heavy (non-hydrogen) atoms. The predicted octanol–water partition coefficient (Wildman–Crippen LogP) is 1.62. The number of nitrogens with one attached hydrogen (secondary N) is 1. The van der Waals surface area contributed by atoms with Crippen LogP contribution in [0.5, 0.6) is 5.75 Å². The Morgan fingerprint density at radius 3 is 3.00 bits per heavy atom. The number of hydrogen-bond acceptors (Lipinski definition) is 3. The van der Waals surface area contributed by atoms with E-state index in [-0.39, 0.29) is 11.4 Å². The number of piperidine rings is 1. The molecule has 2 atom stereocenters. The average molecular weight is 288 g/mol. The summed E-state index contributed by atoms with van der Waals surface area (Å²) in [4.78, 5) is 13.3. The molecule has 4 nitrogen and oxygen atoms in total. The van der Waals surface area contributed by atoms with Gasteiger partial charge in [0.2, 0.25) is 0 Å². The summed E-state index contributed by atoms with van der Waals surface area (Å²) < 4.78 is 5.30. The quantitative estimate of drug-likeness (QED) is 0.826. The Balaban J connectivity index is 2.02. The van der Waals surface area contributed by atoms with E-state index in [1.165, 1.54) is 17.7 Å². The van der Waals surface area contributed by atoms with Gasteiger partial charge in [-0.3, -0.25) is 0 Å². The fourth-order valence-electron chi connectivity index (χ4n) is 3.39. The van der Waals surface area contributed by atoms with Crippen molar-refractivity contribution in [1.29, 1.82) is 0 Å². The number of hydrogen-bond donors (Lipinski definition) is 2. The molecule has 112 valence electrons. The molecule has 0 radical (unpaired) electrons. The molecule has 1 unspecified atom stereocenters. The van der Waals surface area contributed by atoms with E-state index in [9.17, 15) is 9.90 Å². The Hall–Kier alpha value is -1.81. The molecule has 1 aromatic carbocycles. The van der Waals surface area contributed by atoms with E-state index in [0.717, 1.165) is 36.5 Å². The van der Waals surface area contributed by atoms with Crippen molar-refractivity contribution >= 4 is 11.0 Å². The van der Waals surface area contributed by atoms with Gasteiger partial charge in [-0.1, -0.05) is 6.92 Å². The Morgan fingerprint density at radius 2 is 2.24 bits per heavy atom. The van der Waals surface area contributed by atoms with Crippen LogP contribution >= 0.6 is 0 Å². The van der Waals surface area contributed by atoms with Gasteiger partial charge in [0, 0.05) is 28.5 Å². The van der Waals surface area contributed by atoms with Crippen LogP contribution in [-0.4, -0.2) is 18.2 Å². The second kappa shape index (κ2) is 5.53. The second-order valence-corrected chi connectivity index (χ2v) is 6.31. The van der Waals surface area contributed by atoms with Gasteiger partial charge in [0.25, 0.3) is 0 Å². The molecule has 0 amide bonds. The Bertz CT molecular complexity index is 720. The Labute approximate surface area is 124 Å². The van der Waals surface area contributed by atoms with Gasteiger partial charge in [-0.05, 0) is 31.9 Å². The van der Waals surface area contributed by atoms with Crippen LogP contribution in [-0.2, 0) is 6.54 Å². The summed E-state index contributed by atoms with van der Waals surface area (Å²) in [5, 5.41) is 10.7. The average Bonchev–Trinajstić information content (AvgIpc) is 2.43. The van der Waals surface area contributed by atoms with Gasteiger partial charge in [-0.2, -0.15) is 0 Å². The van der Waals surface area contributed by atoms with Crippen LogP contribution in [0.4, 0.5) is 0 Å². The van der Waals surface area contributed by atoms with Crippen LogP contribution in [0.2, 0.25) is 0 Å². The number of likely N-dealkylation sites (tertiary alicyclic amines) is 1. The third-order valence-corrected chi connectivity index (χ3v) is 4.52. The van der Waals surface area contributed by atoms with Gasteiger partial charge in [0.15, 0.2) is 0 Å². The Morgan fingerprint density at radius 1 is 1.43 bits per heavy atom. The van der Waals surface area contributed by atoms with Crippen molar-refractivity contribution in [2.45, 2.75) is 33.2 Å². The minimum absolute atomic E-state index is 0.168. The van der Waals surface area contributed by atoms with Gasteiger partial charge in [0.05, 0.1) is 13.1 Å². The summed E-state index contributed by atoms with van der Waals surface area (Å²) in [7, 11) is 0. The summed E-state index contributed by atoms with van der Waals surface area (Å²) >= 11 is 0. The van der Waals surface area contributed by atoms with Crippen LogP contribution in [0.1, 0.15) is 30.9 Å². The van der Waals surface area contributed by atoms with Crippen molar-refractivity contribution in [2.24, 2.45) is 5.92 Å². The molecule has 2 heterocycles. The summed E-state index contributed by atoms with van der Waals surface area (Å²) in [6.45, 7) is 7.22. The molecule has 4 heteroatoms. The van der Waals surface area contributed by atoms with Crippen molar-refractivity contribution in [3.63, 3.8) is 0 Å². The highest BCUT2D eigenvalue weighted by molar-refractivity contribution is 5.84. The van der Waals surface area contributed by atoms with Crippen molar-refractivity contribution < 1.29 is 14.4 Å². The summed E-state index contributed by atoms with van der Waals surface area (Å²) in [6, 6.07) is 5.13. The lowest BCUT2D eigenvalue weighted by Crippen LogP contribution is -3.12. The number of aryl methyl sites for hydroxylation is 1. The normalized spacial score (nSPS) is 22.6. The van der Waals surface area contributed by atoms with Crippen molar-refractivity contribution in [3.05, 3.63) is 39.7 Å². The highest BCUT2D eigenvalue weighted by Gasteiger charge is 2.21. The van der Waals surface area contributed by atoms with E-state index >= 15 is 0 Å². The molecule has 1 aliphatic heterocycles. The van der Waals surface area contributed by atoms with Gasteiger partial charge in [0.1, 0.15) is 17.9 Å². The van der Waals surface area contributed by atoms with Crippen molar-refractivity contribution in [1.82, 2.24) is 0 Å². The van der Waals surface area contributed by atoms with Crippen LogP contribution in [0.3, 0.4) is 0 Å². The summed E-state index contributed by atoms with van der Waals surface area (Å²) in [6.07, 6.45) is 2.55. The summed E-state index contributed by atoms with van der Waals surface area (Å²) in [5.74, 6) is 0.910. The van der Waals surface area contributed by atoms with E-state index in [4.69, 9.17) is 4.42 Å². The third kappa shape index (κ3) is 2.81. The van der Waals surface area contributed by atoms with E-state index in [1.807, 2.05) is 6.07 Å². The molecule has 1 saturated heterocycles. The van der Waals surface area contributed by atoms with E-state index in [1.54, 1.807) is 19.1 Å². The SMILES string of the molecule is Cc1c(O)ccc2c(C[NH+]3CCC[C@@H](C)C3)cc(=O)oc12. The standard InChI is InChI=1S/C17H21NO3/c1-11-4-3-7-18(9-11)10-13-8-16(20)21-17-12(2)15(19)6-5-14(13)17/h5-6,8,11,19H,3-4,7,9-10H2,1-2H3/p+1/t11-/m1/s1. The zero-order chi connectivity index (χ0) is 15.0. The highest BCUT2D eigenvalue weighted by Crippen LogP contribution is 2.27. The molecule has 0 spiro atoms. The van der Waals surface area contributed by atoms with Crippen LogP contribution in [0, 0.1) is 12.8 Å². The van der Waals surface area contributed by atoms with Crippen LogP contribution in [0.25, 0.3) is 11.0 Å². The zero-order valence-electron chi connectivity index (χ0n) is 12.6. The van der Waals surface area contributed by atoms with Crippen molar-refractivity contribution in [3.8, 4) is 5.75 Å². The van der Waals surface area contributed by atoms with Crippen LogP contribution < -0.4 is 10.5 Å². The van der Waals surface area contributed by atoms with E-state index in [2.05, 4.69) is 6.92 Å². The lowest BCUT2D eigenvalue weighted by molar-refractivity contribution is -0.922. The maximum atomic E-state index is 11.8. The van der Waals surface area contributed by atoms with Gasteiger partial charge in [-0.15, -0.1) is 0 Å². The fraction of sp³-hybridized carbons (Fsp3) is 0.471. The topological polar surface area (TPSA) is 54.9 Å². The second-order valence-electron chi connectivity index (χ2n) is 6.31. The van der Waals surface area contributed by atoms with E-state index < -0.39 is 0 Å². The van der Waals surface area contributed by atoms with Gasteiger partial charge < -0.3 is 14.4 Å². The molecule has 2 N–H and O–H groups in total. The maximum absolute atomic E-state index is 11.8. The molecule has 1 fully saturated rings. The molecule has 0 bridgehead atoms. The van der Waals surface area contributed by atoms with Crippen LogP contribution in [0.15, 0.2) is 27.4 Å². The number of phenolic OH excluding ortho intramolecular Hbond substituents is 1. The smallest absolute Gasteiger partial charge is 0.336 e. The van der Waals surface area contributed by atoms with Crippen molar-refractivity contribution in [2.75, 3.05) is 13.1 Å². The highest BCUT2D eigenvalue weighted by atomic mass is 16.4. The van der Waals surface area contributed by atoms with Gasteiger partial charge in [-0.25, -0.2) is 4.79 Å². The number of rotatable bonds is 2. The predicted molar refractivity (Wildman–Crippen MR) is 81.7 cm³/mol. The fourth-order valence-corrected chi connectivity index (χ4v) is 3.39. The monoisotopic (exact) mass is 288 g/mol. The molecular formula is C17H22NO3+. The zero-order valence-corrected chi connectivity index (χ0v) is 12.6. The molecule has 3 rings (SSSR count). The third-order valence-electron chi connectivity index (χ3n) is 4.52. The first kappa shape index (κ1) is 14.1. The minimum Gasteiger partial charge on any atom is -0.508 e. The molecular weight excluding hydrogens is 266 g/mol. The maximum Gasteiger partial charge on any atom is 0.336 e. The molecule has 1 aliphatic rings. The largest absolute Gasteiger partial charge is 0.508 e. The number of quaternary nitrogens is 1. The molecule has 1 aromatic heterocycles. The Kier molecular flexibility index (Phi) is 3.72.